The molecule has 1 heterocycles. The summed E-state index contributed by atoms with van der Waals surface area (Å²) in [6, 6.07) is 23.9. The number of nitrogens with zero attached hydrogens (tertiary/aromatic N) is 1. The molecule has 170 valence electrons. The summed E-state index contributed by atoms with van der Waals surface area (Å²) in [5.74, 6) is 1.80. The van der Waals surface area contributed by atoms with E-state index in [0.29, 0.717) is 0 Å². The average molecular weight is 438 g/mol. The van der Waals surface area contributed by atoms with Crippen LogP contribution in [-0.4, -0.2) is 6.54 Å². The van der Waals surface area contributed by atoms with Gasteiger partial charge >= 0.3 is 0 Å². The van der Waals surface area contributed by atoms with Crippen LogP contribution in [0, 0.1) is 20.8 Å². The fourth-order valence-corrected chi connectivity index (χ4v) is 4.80. The Labute approximate surface area is 199 Å². The zero-order valence-electron chi connectivity index (χ0n) is 20.6. The molecule has 0 amide bonds. The second-order valence-electron chi connectivity index (χ2n) is 9.55. The first-order valence-electron chi connectivity index (χ1n) is 11.9. The van der Waals surface area contributed by atoms with E-state index >= 15 is 0 Å². The van der Waals surface area contributed by atoms with Crippen LogP contribution in [0.5, 0.6) is 5.75 Å². The van der Waals surface area contributed by atoms with Crippen LogP contribution in [0.2, 0.25) is 0 Å². The summed E-state index contributed by atoms with van der Waals surface area (Å²) in [6.45, 7) is 16.5. The van der Waals surface area contributed by atoms with Gasteiger partial charge in [0, 0.05) is 18.0 Å². The lowest BCUT2D eigenvalue weighted by atomic mass is 9.70. The average Bonchev–Trinajstić information content (AvgIpc) is 3.12. The molecule has 0 aliphatic carbocycles. The number of hydrogen-bond donors (Lipinski definition) is 0. The van der Waals surface area contributed by atoms with E-state index < -0.39 is 0 Å². The summed E-state index contributed by atoms with van der Waals surface area (Å²) in [5.41, 5.74) is 8.31. The minimum Gasteiger partial charge on any atom is -0.439 e. The highest BCUT2D eigenvalue weighted by atomic mass is 16.5. The van der Waals surface area contributed by atoms with Crippen LogP contribution in [0.3, 0.4) is 0 Å². The molecule has 1 atom stereocenters. The molecule has 0 bridgehead atoms. The van der Waals surface area contributed by atoms with Crippen molar-refractivity contribution < 1.29 is 4.74 Å². The van der Waals surface area contributed by atoms with Crippen molar-refractivity contribution in [3.05, 3.63) is 119 Å². The minimum absolute atomic E-state index is 0.267. The molecule has 3 aromatic carbocycles. The van der Waals surface area contributed by atoms with Crippen LogP contribution >= 0.6 is 0 Å². The first kappa shape index (κ1) is 22.9. The second-order valence-corrected chi connectivity index (χ2v) is 9.55. The summed E-state index contributed by atoms with van der Waals surface area (Å²) in [4.78, 5) is 2.28. The van der Waals surface area contributed by atoms with E-state index in [-0.39, 0.29) is 5.41 Å². The van der Waals surface area contributed by atoms with Gasteiger partial charge in [-0.15, -0.1) is 0 Å². The van der Waals surface area contributed by atoms with Gasteiger partial charge in [-0.1, -0.05) is 80.6 Å². The quantitative estimate of drug-likeness (QED) is 0.373. The van der Waals surface area contributed by atoms with E-state index in [1.165, 1.54) is 27.8 Å². The maximum absolute atomic E-state index is 6.39. The van der Waals surface area contributed by atoms with Crippen LogP contribution < -0.4 is 9.64 Å². The van der Waals surface area contributed by atoms with Crippen LogP contribution in [-0.2, 0) is 11.8 Å². The first-order valence-corrected chi connectivity index (χ1v) is 11.9. The topological polar surface area (TPSA) is 12.5 Å². The lowest BCUT2D eigenvalue weighted by Gasteiger charge is -2.34. The van der Waals surface area contributed by atoms with E-state index in [0.717, 1.165) is 42.3 Å². The van der Waals surface area contributed by atoms with Crippen LogP contribution in [0.25, 0.3) is 0 Å². The van der Waals surface area contributed by atoms with Crippen LogP contribution in [0.1, 0.15) is 48.1 Å². The number of ether oxygens (including phenoxy) is 1. The van der Waals surface area contributed by atoms with E-state index in [1.807, 2.05) is 0 Å². The standard InChI is InChI=1S/C31H35NO/c1-7-17-32-28-16-14-23(3)19-29(28)33-30(32)20-25(5)31(6,21-26-11-9-8-10-12-26)27-18-22(2)13-15-24(27)4/h8-16,18-20H,5,7,17,21H2,1-4,6H3/b30-20-. The lowest BCUT2D eigenvalue weighted by Crippen LogP contribution is -2.29. The molecule has 0 saturated carbocycles. The number of rotatable bonds is 7. The normalized spacial score (nSPS) is 15.8. The molecule has 0 saturated heterocycles. The van der Waals surface area contributed by atoms with Gasteiger partial charge in [-0.2, -0.15) is 0 Å². The molecule has 1 aliphatic rings. The van der Waals surface area contributed by atoms with Gasteiger partial charge in [0.1, 0.15) is 0 Å². The predicted octanol–water partition coefficient (Wildman–Crippen LogP) is 7.82. The SMILES string of the molecule is C=C(/C=C1\Oc2cc(C)ccc2N1CCC)C(C)(Cc1ccccc1)c1cc(C)ccc1C. The summed E-state index contributed by atoms with van der Waals surface area (Å²) in [6.07, 6.45) is 4.08. The third-order valence-electron chi connectivity index (χ3n) is 6.73. The van der Waals surface area contributed by atoms with E-state index in [1.54, 1.807) is 0 Å². The maximum Gasteiger partial charge on any atom is 0.200 e. The third-order valence-corrected chi connectivity index (χ3v) is 6.73. The molecule has 4 rings (SSSR count). The van der Waals surface area contributed by atoms with Crippen molar-refractivity contribution in [1.29, 1.82) is 0 Å². The van der Waals surface area contributed by atoms with E-state index in [9.17, 15) is 0 Å². The van der Waals surface area contributed by atoms with E-state index in [4.69, 9.17) is 4.74 Å². The molecule has 1 aliphatic heterocycles. The lowest BCUT2D eigenvalue weighted by molar-refractivity contribution is 0.434. The molecule has 1 unspecified atom stereocenters. The summed E-state index contributed by atoms with van der Waals surface area (Å²) >= 11 is 0. The van der Waals surface area contributed by atoms with Crippen molar-refractivity contribution in [2.24, 2.45) is 0 Å². The Kier molecular flexibility index (Phi) is 6.47. The van der Waals surface area contributed by atoms with Gasteiger partial charge < -0.3 is 9.64 Å². The predicted molar refractivity (Wildman–Crippen MR) is 140 cm³/mol. The monoisotopic (exact) mass is 437 g/mol. The molecule has 0 aromatic heterocycles. The molecule has 0 fully saturated rings. The highest BCUT2D eigenvalue weighted by Gasteiger charge is 2.33. The number of hydrogen-bond acceptors (Lipinski definition) is 2. The van der Waals surface area contributed by atoms with Crippen molar-refractivity contribution in [3.63, 3.8) is 0 Å². The largest absolute Gasteiger partial charge is 0.439 e. The van der Waals surface area contributed by atoms with Crippen LogP contribution in [0.15, 0.2) is 90.8 Å². The first-order chi connectivity index (χ1) is 15.8. The number of benzene rings is 3. The summed E-state index contributed by atoms with van der Waals surface area (Å²) in [5, 5.41) is 0. The van der Waals surface area contributed by atoms with Gasteiger partial charge in [0.25, 0.3) is 0 Å². The molecule has 0 spiro atoms. The van der Waals surface area contributed by atoms with Gasteiger partial charge in [-0.25, -0.2) is 0 Å². The Morgan fingerprint density at radius 2 is 1.67 bits per heavy atom. The fourth-order valence-electron chi connectivity index (χ4n) is 4.80. The van der Waals surface area contributed by atoms with Gasteiger partial charge in [-0.05, 0) is 73.6 Å². The maximum atomic E-state index is 6.39. The highest BCUT2D eigenvalue weighted by Crippen LogP contribution is 2.43. The highest BCUT2D eigenvalue weighted by molar-refractivity contribution is 5.68. The smallest absolute Gasteiger partial charge is 0.200 e. The number of allylic oxidation sites excluding steroid dienone is 2. The Morgan fingerprint density at radius 3 is 2.39 bits per heavy atom. The van der Waals surface area contributed by atoms with Crippen molar-refractivity contribution in [2.75, 3.05) is 11.4 Å². The van der Waals surface area contributed by atoms with Crippen molar-refractivity contribution in [2.45, 2.75) is 52.9 Å². The fraction of sp³-hybridized carbons (Fsp3) is 0.290. The molecule has 3 aromatic rings. The van der Waals surface area contributed by atoms with Gasteiger partial charge in [0.2, 0.25) is 5.88 Å². The molecule has 2 nitrogen and oxygen atoms in total. The molecule has 0 radical (unpaired) electrons. The van der Waals surface area contributed by atoms with Crippen LogP contribution in [0.4, 0.5) is 5.69 Å². The minimum atomic E-state index is -0.267. The van der Waals surface area contributed by atoms with Gasteiger partial charge in [0.15, 0.2) is 5.75 Å². The zero-order valence-corrected chi connectivity index (χ0v) is 20.6. The Bertz CT molecular complexity index is 1190. The van der Waals surface area contributed by atoms with Crippen molar-refractivity contribution >= 4 is 5.69 Å². The molecular weight excluding hydrogens is 402 g/mol. The second kappa shape index (κ2) is 9.31. The zero-order chi connectivity index (χ0) is 23.6. The van der Waals surface area contributed by atoms with Gasteiger partial charge in [-0.3, -0.25) is 0 Å². The molecular formula is C31H35NO. The van der Waals surface area contributed by atoms with E-state index in [2.05, 4.69) is 119 Å². The Hall–Kier alpha value is -3.26. The third kappa shape index (κ3) is 4.61. The molecule has 2 heteroatoms. The Morgan fingerprint density at radius 1 is 0.970 bits per heavy atom. The molecule has 0 N–H and O–H groups in total. The summed E-state index contributed by atoms with van der Waals surface area (Å²) in [7, 11) is 0. The van der Waals surface area contributed by atoms with Crippen molar-refractivity contribution in [1.82, 2.24) is 0 Å². The number of aryl methyl sites for hydroxylation is 3. The molecule has 33 heavy (non-hydrogen) atoms. The summed E-state index contributed by atoms with van der Waals surface area (Å²) < 4.78 is 6.39. The van der Waals surface area contributed by atoms with Crippen molar-refractivity contribution in [3.8, 4) is 5.75 Å². The number of fused-ring (bicyclic) bond motifs is 1. The Balaban J connectivity index is 1.78. The van der Waals surface area contributed by atoms with Gasteiger partial charge in [0.05, 0.1) is 5.69 Å². The number of anilines is 1.